The van der Waals surface area contributed by atoms with Crippen molar-refractivity contribution in [1.29, 1.82) is 0 Å². The van der Waals surface area contributed by atoms with Crippen LogP contribution in [0.25, 0.3) is 0 Å². The van der Waals surface area contributed by atoms with Crippen molar-refractivity contribution in [3.8, 4) is 5.75 Å². The van der Waals surface area contributed by atoms with Crippen molar-refractivity contribution >= 4 is 28.7 Å². The van der Waals surface area contributed by atoms with E-state index in [2.05, 4.69) is 10.6 Å². The number of thiocarbonyl (C=S) groups is 1. The molecule has 8 nitrogen and oxygen atoms in total. The summed E-state index contributed by atoms with van der Waals surface area (Å²) in [6.45, 7) is -0.397. The Morgan fingerprint density at radius 2 is 1.92 bits per heavy atom. The molecular formula is C17H19N3O5S. The maximum atomic E-state index is 10.7. The molecule has 0 aliphatic rings. The number of aliphatic hydroxyl groups is 2. The van der Waals surface area contributed by atoms with Crippen LogP contribution in [-0.2, 0) is 0 Å². The Morgan fingerprint density at radius 1 is 1.27 bits per heavy atom. The molecule has 0 aliphatic carbocycles. The van der Waals surface area contributed by atoms with Gasteiger partial charge in [0.15, 0.2) is 5.11 Å². The van der Waals surface area contributed by atoms with Crippen molar-refractivity contribution in [1.82, 2.24) is 5.32 Å². The topological polar surface area (TPSA) is 117 Å². The number of rotatable bonds is 7. The van der Waals surface area contributed by atoms with E-state index in [-0.39, 0.29) is 10.8 Å². The molecule has 0 bridgehead atoms. The van der Waals surface area contributed by atoms with Gasteiger partial charge < -0.3 is 25.6 Å². The van der Waals surface area contributed by atoms with Crippen molar-refractivity contribution in [2.24, 2.45) is 0 Å². The van der Waals surface area contributed by atoms with Gasteiger partial charge in [-0.25, -0.2) is 0 Å². The van der Waals surface area contributed by atoms with Crippen LogP contribution < -0.4 is 15.4 Å². The van der Waals surface area contributed by atoms with Crippen LogP contribution in [0.4, 0.5) is 11.4 Å². The Morgan fingerprint density at radius 3 is 2.50 bits per heavy atom. The van der Waals surface area contributed by atoms with Crippen LogP contribution in [0.3, 0.4) is 0 Å². The van der Waals surface area contributed by atoms with Gasteiger partial charge in [-0.2, -0.15) is 0 Å². The van der Waals surface area contributed by atoms with E-state index in [1.165, 1.54) is 31.4 Å². The molecular weight excluding hydrogens is 358 g/mol. The molecule has 138 valence electrons. The van der Waals surface area contributed by atoms with Crippen LogP contribution >= 0.6 is 12.2 Å². The maximum absolute atomic E-state index is 10.7. The minimum atomic E-state index is -1.11. The van der Waals surface area contributed by atoms with Crippen LogP contribution in [0.5, 0.6) is 5.75 Å². The average molecular weight is 377 g/mol. The van der Waals surface area contributed by atoms with E-state index in [4.69, 9.17) is 17.0 Å². The standard InChI is InChI=1S/C17H19N3O5S/c1-25-15-5-3-2-4-13(15)18-17(26)19-14(10-21)16(22)11-6-8-12(9-7-11)20(23)24/h2-9,14,16,21-22H,10H2,1H3,(H2,18,19,26)/t14-,16+/m0/s1. The normalized spacial score (nSPS) is 12.7. The summed E-state index contributed by atoms with van der Waals surface area (Å²) >= 11 is 5.22. The van der Waals surface area contributed by atoms with Gasteiger partial charge in [-0.15, -0.1) is 0 Å². The lowest BCUT2D eigenvalue weighted by atomic mass is 10.0. The van der Waals surface area contributed by atoms with Gasteiger partial charge in [0.1, 0.15) is 11.9 Å². The van der Waals surface area contributed by atoms with E-state index in [0.29, 0.717) is 17.0 Å². The zero-order chi connectivity index (χ0) is 19.1. The third kappa shape index (κ3) is 4.88. The Kier molecular flexibility index (Phi) is 6.84. The second-order valence-corrected chi connectivity index (χ2v) is 5.79. The summed E-state index contributed by atoms with van der Waals surface area (Å²) in [5.74, 6) is 0.591. The van der Waals surface area contributed by atoms with Crippen molar-refractivity contribution < 1.29 is 19.9 Å². The maximum Gasteiger partial charge on any atom is 0.269 e. The van der Waals surface area contributed by atoms with E-state index >= 15 is 0 Å². The smallest absolute Gasteiger partial charge is 0.269 e. The molecule has 4 N–H and O–H groups in total. The molecule has 0 saturated carbocycles. The summed E-state index contributed by atoms with van der Waals surface area (Å²) in [6, 6.07) is 11.8. The molecule has 2 atom stereocenters. The molecule has 0 heterocycles. The molecule has 9 heteroatoms. The molecule has 26 heavy (non-hydrogen) atoms. The highest BCUT2D eigenvalue weighted by Gasteiger charge is 2.22. The lowest BCUT2D eigenvalue weighted by Gasteiger charge is -2.24. The van der Waals surface area contributed by atoms with Gasteiger partial charge in [0.2, 0.25) is 0 Å². The Balaban J connectivity index is 2.05. The molecule has 2 aromatic rings. The van der Waals surface area contributed by atoms with Gasteiger partial charge in [0.05, 0.1) is 30.4 Å². The number of benzene rings is 2. The summed E-state index contributed by atoms with van der Waals surface area (Å²) in [5, 5.41) is 36.7. The quantitative estimate of drug-likeness (QED) is 0.329. The molecule has 0 amide bonds. The highest BCUT2D eigenvalue weighted by atomic mass is 32.1. The lowest BCUT2D eigenvalue weighted by Crippen LogP contribution is -2.43. The highest BCUT2D eigenvalue weighted by Crippen LogP contribution is 2.24. The fourth-order valence-electron chi connectivity index (χ4n) is 2.32. The monoisotopic (exact) mass is 377 g/mol. The second-order valence-electron chi connectivity index (χ2n) is 5.38. The Hall–Kier alpha value is -2.75. The summed E-state index contributed by atoms with van der Waals surface area (Å²) in [7, 11) is 1.53. The number of ether oxygens (including phenoxy) is 1. The molecule has 2 aromatic carbocycles. The first-order valence-electron chi connectivity index (χ1n) is 7.70. The minimum Gasteiger partial charge on any atom is -0.495 e. The van der Waals surface area contributed by atoms with Gasteiger partial charge in [-0.1, -0.05) is 12.1 Å². The van der Waals surface area contributed by atoms with Crippen LogP contribution in [0.15, 0.2) is 48.5 Å². The number of anilines is 1. The fraction of sp³-hybridized carbons (Fsp3) is 0.235. The van der Waals surface area contributed by atoms with E-state index in [0.717, 1.165) is 0 Å². The van der Waals surface area contributed by atoms with E-state index in [1.807, 2.05) is 12.1 Å². The minimum absolute atomic E-state index is 0.0807. The third-order valence-electron chi connectivity index (χ3n) is 3.69. The average Bonchev–Trinajstić information content (AvgIpc) is 2.66. The molecule has 0 fully saturated rings. The summed E-state index contributed by atoms with van der Waals surface area (Å²) in [5.41, 5.74) is 0.971. The molecule has 0 spiro atoms. The van der Waals surface area contributed by atoms with Crippen LogP contribution in [0, 0.1) is 10.1 Å². The first-order valence-corrected chi connectivity index (χ1v) is 8.11. The van der Waals surface area contributed by atoms with Crippen molar-refractivity contribution in [2.45, 2.75) is 12.1 Å². The zero-order valence-corrected chi connectivity index (χ0v) is 14.8. The predicted octanol–water partition coefficient (Wildman–Crippen LogP) is 1.98. The second kappa shape index (κ2) is 9.09. The highest BCUT2D eigenvalue weighted by molar-refractivity contribution is 7.80. The number of aliphatic hydroxyl groups excluding tert-OH is 2. The van der Waals surface area contributed by atoms with Crippen molar-refractivity contribution in [3.05, 3.63) is 64.2 Å². The zero-order valence-electron chi connectivity index (χ0n) is 14.0. The number of nitrogens with one attached hydrogen (secondary N) is 2. The number of nitrogens with zero attached hydrogens (tertiary/aromatic N) is 1. The van der Waals surface area contributed by atoms with Crippen LogP contribution in [0.2, 0.25) is 0 Å². The van der Waals surface area contributed by atoms with E-state index in [9.17, 15) is 20.3 Å². The molecule has 0 saturated heterocycles. The number of nitro groups is 1. The van der Waals surface area contributed by atoms with Gasteiger partial charge >= 0.3 is 0 Å². The van der Waals surface area contributed by atoms with Crippen molar-refractivity contribution in [3.63, 3.8) is 0 Å². The largest absolute Gasteiger partial charge is 0.495 e. The number of non-ortho nitro benzene ring substituents is 1. The van der Waals surface area contributed by atoms with Gasteiger partial charge in [-0.05, 0) is 42.0 Å². The lowest BCUT2D eigenvalue weighted by molar-refractivity contribution is -0.384. The first-order chi connectivity index (χ1) is 12.5. The Labute approximate surface area is 155 Å². The first kappa shape index (κ1) is 19.6. The SMILES string of the molecule is COc1ccccc1NC(=S)N[C@@H](CO)[C@H](O)c1ccc([N+](=O)[O-])cc1. The van der Waals surface area contributed by atoms with E-state index < -0.39 is 23.7 Å². The number of para-hydroxylation sites is 2. The summed E-state index contributed by atoms with van der Waals surface area (Å²) in [6.07, 6.45) is -1.11. The molecule has 0 unspecified atom stereocenters. The number of methoxy groups -OCH3 is 1. The predicted molar refractivity (Wildman–Crippen MR) is 101 cm³/mol. The Bertz CT molecular complexity index is 769. The third-order valence-corrected chi connectivity index (χ3v) is 3.91. The van der Waals surface area contributed by atoms with Gasteiger partial charge in [0, 0.05) is 12.1 Å². The van der Waals surface area contributed by atoms with E-state index in [1.54, 1.807) is 12.1 Å². The molecule has 0 aromatic heterocycles. The summed E-state index contributed by atoms with van der Waals surface area (Å²) in [4.78, 5) is 10.2. The molecule has 0 radical (unpaired) electrons. The molecule has 0 aliphatic heterocycles. The number of hydrogen-bond acceptors (Lipinski definition) is 6. The van der Waals surface area contributed by atoms with Gasteiger partial charge in [-0.3, -0.25) is 10.1 Å². The van der Waals surface area contributed by atoms with Crippen LogP contribution in [0.1, 0.15) is 11.7 Å². The molecule has 2 rings (SSSR count). The fourth-order valence-corrected chi connectivity index (χ4v) is 2.59. The number of hydrogen-bond donors (Lipinski definition) is 4. The van der Waals surface area contributed by atoms with Gasteiger partial charge in [0.25, 0.3) is 5.69 Å². The number of nitro benzene ring substituents is 1. The van der Waals surface area contributed by atoms with Crippen molar-refractivity contribution in [2.75, 3.05) is 19.0 Å². The summed E-state index contributed by atoms with van der Waals surface area (Å²) < 4.78 is 5.22. The van der Waals surface area contributed by atoms with Crippen LogP contribution in [-0.4, -0.2) is 40.0 Å².